The number of nitrogens with zero attached hydrogens (tertiary/aromatic N) is 1. The van der Waals surface area contributed by atoms with Gasteiger partial charge >= 0.3 is 0 Å². The summed E-state index contributed by atoms with van der Waals surface area (Å²) in [7, 11) is 1.58. The number of hydrogen-bond acceptors (Lipinski definition) is 5. The van der Waals surface area contributed by atoms with Crippen LogP contribution in [0.4, 0.5) is 0 Å². The third-order valence-corrected chi connectivity index (χ3v) is 5.15. The van der Waals surface area contributed by atoms with Crippen LogP contribution in [0.1, 0.15) is 38.1 Å². The number of morpholine rings is 1. The molecule has 0 saturated carbocycles. The van der Waals surface area contributed by atoms with Crippen molar-refractivity contribution in [3.05, 3.63) is 29.8 Å². The molecule has 2 N–H and O–H groups in total. The number of rotatable bonds is 8. The predicted octanol–water partition coefficient (Wildman–Crippen LogP) is 1.68. The molecule has 1 aliphatic heterocycles. The molecule has 0 aliphatic carbocycles. The molecule has 1 aromatic carbocycles. The molecule has 1 saturated heterocycles. The van der Waals surface area contributed by atoms with Crippen molar-refractivity contribution >= 4 is 11.8 Å². The third kappa shape index (κ3) is 5.94. The molecule has 1 unspecified atom stereocenters. The van der Waals surface area contributed by atoms with Crippen LogP contribution in [0.15, 0.2) is 24.3 Å². The second-order valence-electron chi connectivity index (χ2n) is 8.05. The first-order valence-corrected chi connectivity index (χ1v) is 9.80. The van der Waals surface area contributed by atoms with Crippen molar-refractivity contribution < 1.29 is 19.1 Å². The monoisotopic (exact) mass is 391 g/mol. The number of hydrogen-bond donors (Lipinski definition) is 2. The highest BCUT2D eigenvalue weighted by atomic mass is 16.5. The Bertz CT molecular complexity index is 652. The van der Waals surface area contributed by atoms with Crippen LogP contribution in [0.25, 0.3) is 0 Å². The maximum atomic E-state index is 12.8. The van der Waals surface area contributed by atoms with Crippen molar-refractivity contribution in [1.29, 1.82) is 0 Å². The lowest BCUT2D eigenvalue weighted by Gasteiger charge is -2.41. The summed E-state index contributed by atoms with van der Waals surface area (Å²) >= 11 is 0. The molecule has 7 heteroatoms. The smallest absolute Gasteiger partial charge is 0.251 e. The first-order valence-electron chi connectivity index (χ1n) is 9.80. The average Bonchev–Trinajstić information content (AvgIpc) is 2.70. The topological polar surface area (TPSA) is 79.9 Å². The predicted molar refractivity (Wildman–Crippen MR) is 109 cm³/mol. The Kier molecular flexibility index (Phi) is 7.83. The molecule has 1 aromatic rings. The molecule has 7 nitrogen and oxygen atoms in total. The normalized spacial score (nSPS) is 16.5. The van der Waals surface area contributed by atoms with Gasteiger partial charge in [-0.1, -0.05) is 13.8 Å². The molecular formula is C21H33N3O4. The standard InChI is InChI=1S/C21H33N3O4/c1-15(2)18(23-19(25)16-6-8-17(27-5)9-7-16)20(26)22-14-21(3,4)24-10-12-28-13-11-24/h6-9,15,18H,10-14H2,1-5H3,(H,22,26)(H,23,25). The van der Waals surface area contributed by atoms with Gasteiger partial charge in [-0.2, -0.15) is 0 Å². The van der Waals surface area contributed by atoms with Gasteiger partial charge in [-0.15, -0.1) is 0 Å². The Labute approximate surface area is 167 Å². The van der Waals surface area contributed by atoms with Crippen LogP contribution in [-0.2, 0) is 9.53 Å². The van der Waals surface area contributed by atoms with Gasteiger partial charge in [0.25, 0.3) is 5.91 Å². The minimum absolute atomic E-state index is 0.0336. The maximum Gasteiger partial charge on any atom is 0.251 e. The summed E-state index contributed by atoms with van der Waals surface area (Å²) in [5.41, 5.74) is 0.314. The number of benzene rings is 1. The second kappa shape index (κ2) is 9.89. The number of methoxy groups -OCH3 is 1. The average molecular weight is 392 g/mol. The van der Waals surface area contributed by atoms with Crippen LogP contribution in [0.5, 0.6) is 5.75 Å². The van der Waals surface area contributed by atoms with Gasteiger partial charge in [0.15, 0.2) is 0 Å². The van der Waals surface area contributed by atoms with Gasteiger partial charge in [0.05, 0.1) is 20.3 Å². The zero-order valence-electron chi connectivity index (χ0n) is 17.6. The molecule has 0 aromatic heterocycles. The van der Waals surface area contributed by atoms with E-state index in [1.54, 1.807) is 31.4 Å². The fraction of sp³-hybridized carbons (Fsp3) is 0.619. The number of ether oxygens (including phenoxy) is 2. The number of nitrogens with one attached hydrogen (secondary N) is 2. The van der Waals surface area contributed by atoms with Crippen LogP contribution in [0.2, 0.25) is 0 Å². The lowest BCUT2D eigenvalue weighted by Crippen LogP contribution is -2.58. The highest BCUT2D eigenvalue weighted by molar-refractivity contribution is 5.97. The van der Waals surface area contributed by atoms with Gasteiger partial charge in [-0.05, 0) is 44.0 Å². The Balaban J connectivity index is 1.95. The summed E-state index contributed by atoms with van der Waals surface area (Å²) < 4.78 is 10.5. The Hall–Kier alpha value is -2.12. The van der Waals surface area contributed by atoms with E-state index in [0.717, 1.165) is 13.1 Å². The molecule has 28 heavy (non-hydrogen) atoms. The van der Waals surface area contributed by atoms with E-state index < -0.39 is 6.04 Å². The van der Waals surface area contributed by atoms with Gasteiger partial charge < -0.3 is 20.1 Å². The lowest BCUT2D eigenvalue weighted by atomic mass is 9.99. The molecule has 2 amide bonds. The summed E-state index contributed by atoms with van der Waals surface area (Å²) in [6.45, 7) is 11.7. The highest BCUT2D eigenvalue weighted by Gasteiger charge is 2.31. The zero-order valence-corrected chi connectivity index (χ0v) is 17.6. The van der Waals surface area contributed by atoms with E-state index in [9.17, 15) is 9.59 Å². The highest BCUT2D eigenvalue weighted by Crippen LogP contribution is 2.16. The largest absolute Gasteiger partial charge is 0.497 e. The Morgan fingerprint density at radius 3 is 2.32 bits per heavy atom. The summed E-state index contributed by atoms with van der Waals surface area (Å²) in [4.78, 5) is 27.7. The van der Waals surface area contributed by atoms with E-state index in [2.05, 4.69) is 29.4 Å². The summed E-state index contributed by atoms with van der Waals surface area (Å²) in [6, 6.07) is 6.22. The molecule has 156 valence electrons. The van der Waals surface area contributed by atoms with Crippen LogP contribution >= 0.6 is 0 Å². The van der Waals surface area contributed by atoms with E-state index in [0.29, 0.717) is 31.1 Å². The van der Waals surface area contributed by atoms with E-state index >= 15 is 0 Å². The molecule has 0 spiro atoms. The first-order chi connectivity index (χ1) is 13.2. The lowest BCUT2D eigenvalue weighted by molar-refractivity contribution is -0.124. The zero-order chi connectivity index (χ0) is 20.7. The number of carbonyl (C=O) groups excluding carboxylic acids is 2. The Morgan fingerprint density at radius 2 is 1.79 bits per heavy atom. The molecule has 1 fully saturated rings. The van der Waals surface area contributed by atoms with Crippen molar-refractivity contribution in [3.63, 3.8) is 0 Å². The van der Waals surface area contributed by atoms with Gasteiger partial charge in [-0.3, -0.25) is 14.5 Å². The van der Waals surface area contributed by atoms with Gasteiger partial charge in [0, 0.05) is 30.7 Å². The van der Waals surface area contributed by atoms with Crippen LogP contribution in [-0.4, -0.2) is 68.3 Å². The molecule has 1 aliphatic rings. The van der Waals surface area contributed by atoms with Crippen LogP contribution in [0.3, 0.4) is 0 Å². The number of carbonyl (C=O) groups is 2. The molecule has 0 bridgehead atoms. The third-order valence-electron chi connectivity index (χ3n) is 5.15. The van der Waals surface area contributed by atoms with Crippen molar-refractivity contribution in [1.82, 2.24) is 15.5 Å². The van der Waals surface area contributed by atoms with Crippen molar-refractivity contribution in [2.24, 2.45) is 5.92 Å². The summed E-state index contributed by atoms with van der Waals surface area (Å²) in [5.74, 6) is 0.205. The van der Waals surface area contributed by atoms with Crippen LogP contribution in [0, 0.1) is 5.92 Å². The van der Waals surface area contributed by atoms with E-state index in [-0.39, 0.29) is 23.3 Å². The maximum absolute atomic E-state index is 12.8. The van der Waals surface area contributed by atoms with Crippen LogP contribution < -0.4 is 15.4 Å². The quantitative estimate of drug-likeness (QED) is 0.705. The second-order valence-corrected chi connectivity index (χ2v) is 8.05. The minimum Gasteiger partial charge on any atom is -0.497 e. The van der Waals surface area contributed by atoms with E-state index in [1.165, 1.54) is 0 Å². The minimum atomic E-state index is -0.602. The van der Waals surface area contributed by atoms with Crippen molar-refractivity contribution in [2.45, 2.75) is 39.3 Å². The molecular weight excluding hydrogens is 358 g/mol. The van der Waals surface area contributed by atoms with Crippen molar-refractivity contribution in [3.8, 4) is 5.75 Å². The molecule has 2 rings (SSSR count). The van der Waals surface area contributed by atoms with E-state index in [1.807, 2.05) is 13.8 Å². The molecule has 1 atom stereocenters. The van der Waals surface area contributed by atoms with E-state index in [4.69, 9.17) is 9.47 Å². The summed E-state index contributed by atoms with van der Waals surface area (Å²) in [5, 5.41) is 5.88. The molecule has 1 heterocycles. The first kappa shape index (κ1) is 22.2. The van der Waals surface area contributed by atoms with Gasteiger partial charge in [0.2, 0.25) is 5.91 Å². The van der Waals surface area contributed by atoms with Gasteiger partial charge in [0.1, 0.15) is 11.8 Å². The van der Waals surface area contributed by atoms with Crippen molar-refractivity contribution in [2.75, 3.05) is 40.0 Å². The SMILES string of the molecule is COc1ccc(C(=O)NC(C(=O)NCC(C)(C)N2CCOCC2)C(C)C)cc1. The van der Waals surface area contributed by atoms with Gasteiger partial charge in [-0.25, -0.2) is 0 Å². The fourth-order valence-corrected chi connectivity index (χ4v) is 3.20. The number of amides is 2. The fourth-order valence-electron chi connectivity index (χ4n) is 3.20. The Morgan fingerprint density at radius 1 is 1.18 bits per heavy atom. The molecule has 0 radical (unpaired) electrons. The summed E-state index contributed by atoms with van der Waals surface area (Å²) in [6.07, 6.45) is 0.